The van der Waals surface area contributed by atoms with E-state index in [0.717, 1.165) is 16.8 Å². The van der Waals surface area contributed by atoms with Gasteiger partial charge in [-0.25, -0.2) is 8.42 Å². The van der Waals surface area contributed by atoms with Crippen molar-refractivity contribution in [3.63, 3.8) is 0 Å². The minimum atomic E-state index is -3.76. The minimum absolute atomic E-state index is 0.142. The van der Waals surface area contributed by atoms with Gasteiger partial charge in [0.05, 0.1) is 10.8 Å². The molecule has 1 aliphatic heterocycles. The number of rotatable bonds is 4. The van der Waals surface area contributed by atoms with Gasteiger partial charge in [0.15, 0.2) is 0 Å². The van der Waals surface area contributed by atoms with Crippen molar-refractivity contribution in [2.45, 2.75) is 31.6 Å². The molecule has 2 heterocycles. The summed E-state index contributed by atoms with van der Waals surface area (Å²) in [7, 11) is -3.76. The summed E-state index contributed by atoms with van der Waals surface area (Å²) in [5, 5.41) is 3.59. The number of nitrogens with zero attached hydrogens (tertiary/aromatic N) is 1. The third kappa shape index (κ3) is 4.40. The number of aromatic amines is 1. The highest BCUT2D eigenvalue weighted by Gasteiger charge is 2.33. The third-order valence-corrected chi connectivity index (χ3v) is 7.59. The largest absolute Gasteiger partial charge is 0.326 e. The molecule has 1 fully saturated rings. The number of anilines is 1. The number of benzene rings is 2. The second-order valence-electron chi connectivity index (χ2n) is 8.08. The van der Waals surface area contributed by atoms with Gasteiger partial charge < -0.3 is 10.3 Å². The normalized spacial score (nSPS) is 17.5. The first-order valence-corrected chi connectivity index (χ1v) is 11.7. The number of nitrogens with one attached hydrogen (secondary N) is 2. The zero-order valence-electron chi connectivity index (χ0n) is 17.5. The molecule has 2 N–H and O–H groups in total. The van der Waals surface area contributed by atoms with Crippen molar-refractivity contribution in [2.24, 2.45) is 5.92 Å². The summed E-state index contributed by atoms with van der Waals surface area (Å²) in [6.07, 6.45) is 1.26. The molecule has 3 aromatic rings. The number of carbonyl (C=O) groups is 1. The second-order valence-corrected chi connectivity index (χ2v) is 10.0. The fourth-order valence-corrected chi connectivity index (χ4v) is 5.57. The third-order valence-electron chi connectivity index (χ3n) is 5.73. The molecule has 4 rings (SSSR count). The summed E-state index contributed by atoms with van der Waals surface area (Å²) < 4.78 is 27.9. The number of fused-ring (bicyclic) bond motifs is 1. The van der Waals surface area contributed by atoms with Crippen LogP contribution in [0, 0.1) is 19.8 Å². The molecule has 1 amide bonds. The Kier molecular flexibility index (Phi) is 5.68. The zero-order valence-corrected chi connectivity index (χ0v) is 18.3. The van der Waals surface area contributed by atoms with Crippen LogP contribution < -0.4 is 10.9 Å². The molecule has 0 unspecified atom stereocenters. The topological polar surface area (TPSA) is 99.3 Å². The molecule has 0 saturated carbocycles. The van der Waals surface area contributed by atoms with Crippen LogP contribution in [0.2, 0.25) is 0 Å². The molecule has 2 aromatic carbocycles. The molecule has 0 aliphatic carbocycles. The molecule has 162 valence electrons. The first-order valence-electron chi connectivity index (χ1n) is 10.3. The van der Waals surface area contributed by atoms with Crippen LogP contribution in [0.25, 0.3) is 10.9 Å². The highest BCUT2D eigenvalue weighted by Crippen LogP contribution is 2.27. The van der Waals surface area contributed by atoms with Crippen molar-refractivity contribution in [1.29, 1.82) is 0 Å². The number of aromatic nitrogens is 1. The van der Waals surface area contributed by atoms with Crippen LogP contribution in [0.4, 0.5) is 5.69 Å². The van der Waals surface area contributed by atoms with Gasteiger partial charge in [-0.1, -0.05) is 17.7 Å². The van der Waals surface area contributed by atoms with E-state index < -0.39 is 15.9 Å². The lowest BCUT2D eigenvalue weighted by molar-refractivity contribution is -0.120. The molecule has 0 bridgehead atoms. The molecular formula is C23H25N3O4S. The summed E-state index contributed by atoms with van der Waals surface area (Å²) in [4.78, 5) is 27.2. The molecule has 0 radical (unpaired) electrons. The Balaban J connectivity index is 1.53. The van der Waals surface area contributed by atoms with Gasteiger partial charge >= 0.3 is 0 Å². The Morgan fingerprint density at radius 1 is 1.10 bits per heavy atom. The molecule has 1 aliphatic rings. The van der Waals surface area contributed by atoms with E-state index in [1.165, 1.54) is 16.4 Å². The smallest absolute Gasteiger partial charge is 0.248 e. The fraction of sp³-hybridized carbons (Fsp3) is 0.304. The number of hydrogen-bond donors (Lipinski definition) is 2. The standard InChI is InChI=1S/C23H25N3O4S/c1-15-5-8-20(16(2)12-15)25-23(28)18-4-3-11-26(14-18)31(29,30)19-7-9-21-17(13-19)6-10-22(27)24-21/h5-10,12-13,18H,3-4,11,14H2,1-2H3,(H,24,27)(H,25,28)/t18-/m0/s1. The van der Waals surface area contributed by atoms with Gasteiger partial charge in [0.25, 0.3) is 0 Å². The van der Waals surface area contributed by atoms with Crippen LogP contribution >= 0.6 is 0 Å². The Labute approximate surface area is 181 Å². The van der Waals surface area contributed by atoms with E-state index in [2.05, 4.69) is 10.3 Å². The van der Waals surface area contributed by atoms with Gasteiger partial charge in [0.2, 0.25) is 21.5 Å². The number of aryl methyl sites for hydroxylation is 2. The SMILES string of the molecule is Cc1ccc(NC(=O)[C@H]2CCCN(S(=O)(=O)c3ccc4[nH]c(=O)ccc4c3)C2)c(C)c1. The molecule has 8 heteroatoms. The van der Waals surface area contributed by atoms with Gasteiger partial charge in [-0.15, -0.1) is 0 Å². The number of piperidine rings is 1. The minimum Gasteiger partial charge on any atom is -0.326 e. The first-order chi connectivity index (χ1) is 14.7. The van der Waals surface area contributed by atoms with Crippen LogP contribution in [0.15, 0.2) is 58.2 Å². The predicted molar refractivity (Wildman–Crippen MR) is 121 cm³/mol. The molecule has 1 aromatic heterocycles. The van der Waals surface area contributed by atoms with Gasteiger partial charge in [-0.2, -0.15) is 4.31 Å². The summed E-state index contributed by atoms with van der Waals surface area (Å²) in [5.74, 6) is -0.580. The fourth-order valence-electron chi connectivity index (χ4n) is 4.01. The number of pyridine rings is 1. The number of hydrogen-bond acceptors (Lipinski definition) is 4. The van der Waals surface area contributed by atoms with Crippen molar-refractivity contribution < 1.29 is 13.2 Å². The maximum absolute atomic E-state index is 13.2. The van der Waals surface area contributed by atoms with Crippen LogP contribution in [-0.4, -0.2) is 36.7 Å². The Bertz CT molecular complexity index is 1310. The van der Waals surface area contributed by atoms with E-state index in [0.29, 0.717) is 30.3 Å². The lowest BCUT2D eigenvalue weighted by atomic mass is 9.98. The maximum Gasteiger partial charge on any atom is 0.248 e. The van der Waals surface area contributed by atoms with Gasteiger partial charge in [-0.3, -0.25) is 9.59 Å². The van der Waals surface area contributed by atoms with Crippen molar-refractivity contribution in [2.75, 3.05) is 18.4 Å². The van der Waals surface area contributed by atoms with Crippen LogP contribution in [0.3, 0.4) is 0 Å². The van der Waals surface area contributed by atoms with Crippen LogP contribution in [-0.2, 0) is 14.8 Å². The molecule has 7 nitrogen and oxygen atoms in total. The second kappa shape index (κ2) is 8.28. The van der Waals surface area contributed by atoms with Gasteiger partial charge in [-0.05, 0) is 68.0 Å². The summed E-state index contributed by atoms with van der Waals surface area (Å²) in [5.41, 5.74) is 3.18. The lowest BCUT2D eigenvalue weighted by Crippen LogP contribution is -2.43. The molecule has 1 atom stereocenters. The van der Waals surface area contributed by atoms with Crippen LogP contribution in [0.5, 0.6) is 0 Å². The quantitative estimate of drug-likeness (QED) is 0.652. The average Bonchev–Trinajstić information content (AvgIpc) is 2.75. The highest BCUT2D eigenvalue weighted by molar-refractivity contribution is 7.89. The van der Waals surface area contributed by atoms with Crippen molar-refractivity contribution >= 4 is 32.5 Å². The Hall–Kier alpha value is -2.97. The van der Waals surface area contributed by atoms with Crippen LogP contribution in [0.1, 0.15) is 24.0 Å². The van der Waals surface area contributed by atoms with E-state index in [4.69, 9.17) is 0 Å². The maximum atomic E-state index is 13.2. The summed E-state index contributed by atoms with van der Waals surface area (Å²) in [6.45, 7) is 4.45. The van der Waals surface area contributed by atoms with Crippen molar-refractivity contribution in [3.8, 4) is 0 Å². The van der Waals surface area contributed by atoms with Crippen molar-refractivity contribution in [3.05, 3.63) is 70.0 Å². The predicted octanol–water partition coefficient (Wildman–Crippen LogP) is 3.18. The lowest BCUT2D eigenvalue weighted by Gasteiger charge is -2.31. The number of H-pyrrole nitrogens is 1. The van der Waals surface area contributed by atoms with E-state index in [-0.39, 0.29) is 22.9 Å². The Morgan fingerprint density at radius 3 is 2.68 bits per heavy atom. The van der Waals surface area contributed by atoms with Crippen molar-refractivity contribution in [1.82, 2.24) is 9.29 Å². The highest BCUT2D eigenvalue weighted by atomic mass is 32.2. The average molecular weight is 440 g/mol. The number of sulfonamides is 1. The summed E-state index contributed by atoms with van der Waals surface area (Å²) in [6, 6.07) is 13.4. The van der Waals surface area contributed by atoms with E-state index in [1.807, 2.05) is 32.0 Å². The molecular weight excluding hydrogens is 414 g/mol. The Morgan fingerprint density at radius 2 is 1.90 bits per heavy atom. The van der Waals surface area contributed by atoms with E-state index in [1.54, 1.807) is 18.2 Å². The molecule has 0 spiro atoms. The zero-order chi connectivity index (χ0) is 22.2. The van der Waals surface area contributed by atoms with E-state index >= 15 is 0 Å². The first kappa shape index (κ1) is 21.3. The molecule has 31 heavy (non-hydrogen) atoms. The monoisotopic (exact) mass is 439 g/mol. The van der Waals surface area contributed by atoms with Gasteiger partial charge in [0, 0.05) is 30.4 Å². The van der Waals surface area contributed by atoms with Gasteiger partial charge in [0.1, 0.15) is 0 Å². The number of carbonyl (C=O) groups excluding carboxylic acids is 1. The van der Waals surface area contributed by atoms with E-state index in [9.17, 15) is 18.0 Å². The summed E-state index contributed by atoms with van der Waals surface area (Å²) >= 11 is 0. The molecule has 1 saturated heterocycles. The number of amides is 1.